The molecule has 2 aromatic carbocycles. The predicted molar refractivity (Wildman–Crippen MR) is 100 cm³/mol. The largest absolute Gasteiger partial charge is 0.313 e. The summed E-state index contributed by atoms with van der Waals surface area (Å²) in [5.41, 5.74) is 2.13. The average molecular weight is 381 g/mol. The molecule has 0 N–H and O–H groups in total. The second-order valence-corrected chi connectivity index (χ2v) is 6.82. The molecule has 1 aliphatic rings. The van der Waals surface area contributed by atoms with E-state index in [0.717, 1.165) is 30.1 Å². The maximum Gasteiger partial charge on any atom is 0.165 e. The Hall–Kier alpha value is -1.55. The van der Waals surface area contributed by atoms with Crippen LogP contribution < -0.4 is 0 Å². The second kappa shape index (κ2) is 6.40. The Labute approximate surface area is 157 Å². The van der Waals surface area contributed by atoms with Gasteiger partial charge in [0.2, 0.25) is 0 Å². The smallest absolute Gasteiger partial charge is 0.165 e. The summed E-state index contributed by atoms with van der Waals surface area (Å²) in [5, 5.41) is 10.1. The highest BCUT2D eigenvalue weighted by Gasteiger charge is 2.49. The van der Waals surface area contributed by atoms with Gasteiger partial charge in [0, 0.05) is 17.6 Å². The van der Waals surface area contributed by atoms with Crippen molar-refractivity contribution in [2.24, 2.45) is 7.05 Å². The van der Waals surface area contributed by atoms with Crippen LogP contribution in [0.2, 0.25) is 10.0 Å². The van der Waals surface area contributed by atoms with E-state index in [1.165, 1.54) is 5.56 Å². The molecule has 1 heterocycles. The van der Waals surface area contributed by atoms with Crippen molar-refractivity contribution < 1.29 is 0 Å². The van der Waals surface area contributed by atoms with Gasteiger partial charge in [0.05, 0.1) is 10.4 Å². The van der Waals surface area contributed by atoms with Gasteiger partial charge in [-0.3, -0.25) is 0 Å². The van der Waals surface area contributed by atoms with Crippen LogP contribution in [0.4, 0.5) is 0 Å². The van der Waals surface area contributed by atoms with Crippen LogP contribution in [0, 0.1) is 0 Å². The lowest BCUT2D eigenvalue weighted by Crippen LogP contribution is -2.15. The molecule has 24 heavy (non-hydrogen) atoms. The molecular formula is C18H16Cl3N3. The molecule has 0 unspecified atom stereocenters. The molecule has 4 rings (SSSR count). The highest BCUT2D eigenvalue weighted by Crippen LogP contribution is 2.53. The van der Waals surface area contributed by atoms with Gasteiger partial charge in [-0.2, -0.15) is 0 Å². The van der Waals surface area contributed by atoms with Crippen molar-refractivity contribution in [3.63, 3.8) is 0 Å². The Balaban J connectivity index is 0.00000169. The van der Waals surface area contributed by atoms with Crippen molar-refractivity contribution in [2.75, 3.05) is 0 Å². The summed E-state index contributed by atoms with van der Waals surface area (Å²) in [7, 11) is 2.00. The molecule has 6 heteroatoms. The Bertz CT molecular complexity index is 870. The maximum atomic E-state index is 6.33. The van der Waals surface area contributed by atoms with Crippen molar-refractivity contribution >= 4 is 35.6 Å². The Morgan fingerprint density at radius 1 is 1.00 bits per heavy atom. The molecule has 1 saturated carbocycles. The van der Waals surface area contributed by atoms with E-state index in [9.17, 15) is 0 Å². The standard InChI is InChI=1S/C18H15Cl2N3.ClH/c1-23-16(14-8-7-13(19)11-15(14)20)21-22-17(23)18(9-10-18)12-5-3-2-4-6-12;/h2-8,11H,9-10H2,1H3;1H. The molecule has 1 aromatic heterocycles. The molecule has 3 aromatic rings. The third-order valence-corrected chi connectivity index (χ3v) is 5.10. The van der Waals surface area contributed by atoms with Gasteiger partial charge in [0.15, 0.2) is 5.82 Å². The summed E-state index contributed by atoms with van der Waals surface area (Å²) < 4.78 is 2.05. The minimum Gasteiger partial charge on any atom is -0.313 e. The number of nitrogens with zero attached hydrogens (tertiary/aromatic N) is 3. The van der Waals surface area contributed by atoms with Gasteiger partial charge in [-0.1, -0.05) is 53.5 Å². The zero-order chi connectivity index (χ0) is 16.0. The molecule has 0 bridgehead atoms. The Morgan fingerprint density at radius 2 is 1.71 bits per heavy atom. The minimum atomic E-state index is -0.0137. The fraction of sp³-hybridized carbons (Fsp3) is 0.222. The average Bonchev–Trinajstić information content (AvgIpc) is 3.27. The summed E-state index contributed by atoms with van der Waals surface area (Å²) in [6, 6.07) is 16.0. The van der Waals surface area contributed by atoms with Crippen molar-refractivity contribution in [1.82, 2.24) is 14.8 Å². The van der Waals surface area contributed by atoms with Crippen molar-refractivity contribution in [2.45, 2.75) is 18.3 Å². The first-order valence-electron chi connectivity index (χ1n) is 7.53. The van der Waals surface area contributed by atoms with E-state index in [0.29, 0.717) is 10.0 Å². The molecule has 0 amide bonds. The fourth-order valence-corrected chi connectivity index (χ4v) is 3.67. The van der Waals surface area contributed by atoms with Gasteiger partial charge in [-0.05, 0) is 36.6 Å². The maximum absolute atomic E-state index is 6.33. The zero-order valence-electron chi connectivity index (χ0n) is 13.0. The van der Waals surface area contributed by atoms with E-state index >= 15 is 0 Å². The van der Waals surface area contributed by atoms with Gasteiger partial charge < -0.3 is 4.57 Å². The van der Waals surface area contributed by atoms with Crippen molar-refractivity contribution in [3.8, 4) is 11.4 Å². The van der Waals surface area contributed by atoms with Crippen LogP contribution in [0.5, 0.6) is 0 Å². The zero-order valence-corrected chi connectivity index (χ0v) is 15.4. The highest BCUT2D eigenvalue weighted by atomic mass is 35.5. The van der Waals surface area contributed by atoms with Gasteiger partial charge in [-0.25, -0.2) is 0 Å². The Morgan fingerprint density at radius 3 is 2.33 bits per heavy atom. The van der Waals surface area contributed by atoms with Gasteiger partial charge >= 0.3 is 0 Å². The van der Waals surface area contributed by atoms with Crippen LogP contribution in [0.1, 0.15) is 24.2 Å². The minimum absolute atomic E-state index is 0. The van der Waals surface area contributed by atoms with Gasteiger partial charge in [0.1, 0.15) is 5.82 Å². The number of halogens is 3. The molecule has 0 radical (unpaired) electrons. The summed E-state index contributed by atoms with van der Waals surface area (Å²) in [5.74, 6) is 1.76. The van der Waals surface area contributed by atoms with E-state index in [1.807, 2.05) is 25.2 Å². The topological polar surface area (TPSA) is 30.7 Å². The van der Waals surface area contributed by atoms with Crippen LogP contribution in [-0.2, 0) is 12.5 Å². The van der Waals surface area contributed by atoms with Crippen LogP contribution in [0.3, 0.4) is 0 Å². The van der Waals surface area contributed by atoms with Crippen LogP contribution in [0.25, 0.3) is 11.4 Å². The lowest BCUT2D eigenvalue weighted by molar-refractivity contribution is 0.694. The van der Waals surface area contributed by atoms with E-state index in [-0.39, 0.29) is 17.8 Å². The first-order valence-corrected chi connectivity index (χ1v) is 8.28. The Kier molecular flexibility index (Phi) is 4.60. The van der Waals surface area contributed by atoms with Gasteiger partial charge in [0.25, 0.3) is 0 Å². The number of rotatable bonds is 3. The molecule has 0 spiro atoms. The van der Waals surface area contributed by atoms with Crippen molar-refractivity contribution in [1.29, 1.82) is 0 Å². The van der Waals surface area contributed by atoms with E-state index in [4.69, 9.17) is 23.2 Å². The monoisotopic (exact) mass is 379 g/mol. The predicted octanol–water partition coefficient (Wildman–Crippen LogP) is 5.29. The van der Waals surface area contributed by atoms with Crippen LogP contribution in [-0.4, -0.2) is 14.8 Å². The normalized spacial score (nSPS) is 15.0. The summed E-state index contributed by atoms with van der Waals surface area (Å²) in [6.07, 6.45) is 2.19. The van der Waals surface area contributed by atoms with E-state index < -0.39 is 0 Å². The third-order valence-electron chi connectivity index (χ3n) is 4.55. The molecule has 0 atom stereocenters. The first kappa shape index (κ1) is 17.3. The molecular weight excluding hydrogens is 365 g/mol. The van der Waals surface area contributed by atoms with Gasteiger partial charge in [-0.15, -0.1) is 22.6 Å². The summed E-state index contributed by atoms with van der Waals surface area (Å²) >= 11 is 12.3. The summed E-state index contributed by atoms with van der Waals surface area (Å²) in [6.45, 7) is 0. The molecule has 0 saturated heterocycles. The lowest BCUT2D eigenvalue weighted by atomic mass is 9.95. The van der Waals surface area contributed by atoms with E-state index in [2.05, 4.69) is 39.0 Å². The van der Waals surface area contributed by atoms with Crippen LogP contribution in [0.15, 0.2) is 48.5 Å². The molecule has 1 fully saturated rings. The highest BCUT2D eigenvalue weighted by molar-refractivity contribution is 6.36. The quantitative estimate of drug-likeness (QED) is 0.618. The SMILES string of the molecule is Cl.Cn1c(-c2ccc(Cl)cc2Cl)nnc1C1(c2ccccc2)CC1. The molecule has 3 nitrogen and oxygen atoms in total. The molecule has 1 aliphatic carbocycles. The first-order chi connectivity index (χ1) is 11.1. The number of benzene rings is 2. The molecule has 124 valence electrons. The number of aromatic nitrogens is 3. The summed E-state index contributed by atoms with van der Waals surface area (Å²) in [4.78, 5) is 0. The number of hydrogen-bond acceptors (Lipinski definition) is 2. The van der Waals surface area contributed by atoms with Crippen molar-refractivity contribution in [3.05, 3.63) is 70.0 Å². The second-order valence-electron chi connectivity index (χ2n) is 5.98. The lowest BCUT2D eigenvalue weighted by Gasteiger charge is -2.15. The third kappa shape index (κ3) is 2.71. The fourth-order valence-electron chi connectivity index (χ4n) is 3.17. The molecule has 0 aliphatic heterocycles. The van der Waals surface area contributed by atoms with Crippen LogP contribution >= 0.6 is 35.6 Å². The number of hydrogen-bond donors (Lipinski definition) is 0. The van der Waals surface area contributed by atoms with E-state index in [1.54, 1.807) is 6.07 Å².